The van der Waals surface area contributed by atoms with Crippen LogP contribution < -0.4 is 5.32 Å². The number of nitrogens with zero attached hydrogens (tertiary/aromatic N) is 2. The van der Waals surface area contributed by atoms with Gasteiger partial charge in [0.1, 0.15) is 0 Å². The van der Waals surface area contributed by atoms with E-state index in [2.05, 4.69) is 10.3 Å². The Hall–Kier alpha value is -1.63. The quantitative estimate of drug-likeness (QED) is 0.891. The summed E-state index contributed by atoms with van der Waals surface area (Å²) in [5.41, 5.74) is 1.04. The first-order valence-corrected chi connectivity index (χ1v) is 8.73. The third-order valence-electron chi connectivity index (χ3n) is 3.77. The van der Waals surface area contributed by atoms with Crippen LogP contribution in [-0.4, -0.2) is 40.2 Å². The highest BCUT2D eigenvalue weighted by Crippen LogP contribution is 2.25. The number of rotatable bonds is 3. The van der Waals surface area contributed by atoms with Crippen LogP contribution in [0.25, 0.3) is 0 Å². The lowest BCUT2D eigenvalue weighted by Gasteiger charge is -2.29. The van der Waals surface area contributed by atoms with Gasteiger partial charge in [-0.25, -0.2) is 9.78 Å². The van der Waals surface area contributed by atoms with E-state index in [1.165, 1.54) is 11.3 Å². The smallest absolute Gasteiger partial charge is 0.323 e. The van der Waals surface area contributed by atoms with Gasteiger partial charge in [-0.05, 0) is 24.5 Å². The highest BCUT2D eigenvalue weighted by molar-refractivity contribution is 7.15. The second kappa shape index (κ2) is 7.29. The molecule has 0 radical (unpaired) electrons. The summed E-state index contributed by atoms with van der Waals surface area (Å²) in [5, 5.41) is 13.7. The number of nitrogens with one attached hydrogen (secondary N) is 1. The lowest BCUT2D eigenvalue weighted by Crippen LogP contribution is -2.44. The molecule has 1 atom stereocenters. The number of piperidine rings is 1. The fraction of sp³-hybridized carbons (Fsp3) is 0.375. The fourth-order valence-electron chi connectivity index (χ4n) is 2.59. The number of hydrogen-bond acceptors (Lipinski definition) is 4. The van der Waals surface area contributed by atoms with Gasteiger partial charge in [0.05, 0.1) is 6.10 Å². The Morgan fingerprint density at radius 2 is 2.30 bits per heavy atom. The summed E-state index contributed by atoms with van der Waals surface area (Å²) in [6.07, 6.45) is 3.60. The molecule has 2 heterocycles. The fourth-order valence-corrected chi connectivity index (χ4v) is 3.61. The van der Waals surface area contributed by atoms with Crippen LogP contribution in [0.15, 0.2) is 30.5 Å². The van der Waals surface area contributed by atoms with Crippen molar-refractivity contribution in [3.8, 4) is 0 Å². The van der Waals surface area contributed by atoms with E-state index < -0.39 is 6.10 Å². The highest BCUT2D eigenvalue weighted by Gasteiger charge is 2.22. The minimum atomic E-state index is -0.429. The third kappa shape index (κ3) is 4.22. The Labute approximate surface area is 143 Å². The van der Waals surface area contributed by atoms with Crippen LogP contribution in [0, 0.1) is 0 Å². The first-order chi connectivity index (χ1) is 11.1. The average Bonchev–Trinajstić information content (AvgIpc) is 2.97. The van der Waals surface area contributed by atoms with Crippen molar-refractivity contribution < 1.29 is 9.90 Å². The lowest BCUT2D eigenvalue weighted by molar-refractivity contribution is 0.0883. The molecule has 1 aliphatic heterocycles. The zero-order chi connectivity index (χ0) is 16.2. The summed E-state index contributed by atoms with van der Waals surface area (Å²) in [6.45, 7) is 1.05. The molecule has 1 aromatic heterocycles. The Balaban J connectivity index is 1.61. The summed E-state index contributed by atoms with van der Waals surface area (Å²) in [4.78, 5) is 19.1. The molecular weight excluding hydrogens is 334 g/mol. The van der Waals surface area contributed by atoms with E-state index in [1.54, 1.807) is 11.1 Å². The van der Waals surface area contributed by atoms with E-state index in [-0.39, 0.29) is 6.03 Å². The number of aromatic nitrogens is 1. The molecule has 0 bridgehead atoms. The van der Waals surface area contributed by atoms with Crippen molar-refractivity contribution in [2.45, 2.75) is 25.4 Å². The number of aliphatic hydroxyl groups excluding tert-OH is 1. The van der Waals surface area contributed by atoms with Gasteiger partial charge in [0.2, 0.25) is 0 Å². The Bertz CT molecular complexity index is 691. The zero-order valence-corrected chi connectivity index (χ0v) is 14.1. The predicted octanol–water partition coefficient (Wildman–Crippen LogP) is 3.38. The van der Waals surface area contributed by atoms with Crippen LogP contribution in [0.5, 0.6) is 0 Å². The van der Waals surface area contributed by atoms with Gasteiger partial charge in [-0.3, -0.25) is 5.32 Å². The number of thiazole rings is 1. The van der Waals surface area contributed by atoms with Crippen molar-refractivity contribution in [1.29, 1.82) is 0 Å². The molecule has 0 unspecified atom stereocenters. The molecule has 5 nitrogen and oxygen atoms in total. The van der Waals surface area contributed by atoms with E-state index in [0.717, 1.165) is 28.3 Å². The van der Waals surface area contributed by atoms with E-state index >= 15 is 0 Å². The molecule has 0 spiro atoms. The predicted molar refractivity (Wildman–Crippen MR) is 92.2 cm³/mol. The first kappa shape index (κ1) is 16.2. The molecule has 0 saturated carbocycles. The van der Waals surface area contributed by atoms with E-state index in [1.807, 2.05) is 24.3 Å². The third-order valence-corrected chi connectivity index (χ3v) is 5.06. The number of amides is 2. The number of anilines is 1. The van der Waals surface area contributed by atoms with Gasteiger partial charge in [-0.1, -0.05) is 29.8 Å². The molecule has 2 aromatic rings. The minimum Gasteiger partial charge on any atom is -0.391 e. The highest BCUT2D eigenvalue weighted by atomic mass is 35.5. The molecule has 1 aromatic carbocycles. The maximum atomic E-state index is 12.2. The minimum absolute atomic E-state index is 0.206. The Morgan fingerprint density at radius 3 is 3.09 bits per heavy atom. The van der Waals surface area contributed by atoms with Crippen molar-refractivity contribution >= 4 is 34.1 Å². The van der Waals surface area contributed by atoms with Crippen LogP contribution in [-0.2, 0) is 6.42 Å². The van der Waals surface area contributed by atoms with Crippen molar-refractivity contribution in [3.63, 3.8) is 0 Å². The molecule has 23 heavy (non-hydrogen) atoms. The summed E-state index contributed by atoms with van der Waals surface area (Å²) in [7, 11) is 0. The monoisotopic (exact) mass is 351 g/mol. The van der Waals surface area contributed by atoms with Crippen molar-refractivity contribution in [2.24, 2.45) is 0 Å². The van der Waals surface area contributed by atoms with Crippen molar-refractivity contribution in [1.82, 2.24) is 9.88 Å². The van der Waals surface area contributed by atoms with Gasteiger partial charge in [0.25, 0.3) is 0 Å². The largest absolute Gasteiger partial charge is 0.391 e. The summed E-state index contributed by atoms with van der Waals surface area (Å²) >= 11 is 7.60. The van der Waals surface area contributed by atoms with E-state index in [9.17, 15) is 9.90 Å². The number of carbonyl (C=O) groups excluding carboxylic acids is 1. The molecule has 1 fully saturated rings. The van der Waals surface area contributed by atoms with Gasteiger partial charge in [0.15, 0.2) is 5.13 Å². The Morgan fingerprint density at radius 1 is 1.48 bits per heavy atom. The molecule has 3 rings (SSSR count). The molecule has 122 valence electrons. The number of aliphatic hydroxyl groups is 1. The second-order valence-corrected chi connectivity index (χ2v) is 7.09. The molecule has 1 saturated heterocycles. The number of carbonyl (C=O) groups is 1. The van der Waals surface area contributed by atoms with Crippen molar-refractivity contribution in [3.05, 3.63) is 45.9 Å². The Kier molecular flexibility index (Phi) is 5.15. The van der Waals surface area contributed by atoms with Gasteiger partial charge < -0.3 is 10.0 Å². The number of hydrogen-bond donors (Lipinski definition) is 2. The first-order valence-electron chi connectivity index (χ1n) is 7.54. The number of likely N-dealkylation sites (tertiary alicyclic amines) is 1. The maximum absolute atomic E-state index is 12.2. The maximum Gasteiger partial charge on any atom is 0.323 e. The number of benzene rings is 1. The molecule has 2 N–H and O–H groups in total. The average molecular weight is 352 g/mol. The molecular formula is C16H18ClN3O2S. The summed E-state index contributed by atoms with van der Waals surface area (Å²) < 4.78 is 0. The molecule has 2 amide bonds. The van der Waals surface area contributed by atoms with Crippen molar-refractivity contribution in [2.75, 3.05) is 18.4 Å². The topological polar surface area (TPSA) is 65.5 Å². The van der Waals surface area contributed by atoms with Crippen LogP contribution in [0.1, 0.15) is 23.3 Å². The summed E-state index contributed by atoms with van der Waals surface area (Å²) in [5.74, 6) is 0. The normalized spacial score (nSPS) is 18.0. The number of halogens is 1. The van der Waals surface area contributed by atoms with Gasteiger partial charge in [-0.15, -0.1) is 11.3 Å². The van der Waals surface area contributed by atoms with Gasteiger partial charge >= 0.3 is 6.03 Å². The van der Waals surface area contributed by atoms with Crippen LogP contribution in [0.3, 0.4) is 0 Å². The summed E-state index contributed by atoms with van der Waals surface area (Å²) in [6, 6.07) is 7.49. The molecule has 1 aliphatic rings. The number of urea groups is 1. The lowest BCUT2D eigenvalue weighted by atomic mass is 10.1. The molecule has 0 aliphatic carbocycles. The molecule has 7 heteroatoms. The van der Waals surface area contributed by atoms with Crippen LogP contribution >= 0.6 is 22.9 Å². The zero-order valence-electron chi connectivity index (χ0n) is 12.5. The second-order valence-electron chi connectivity index (χ2n) is 5.57. The number of β-amino-alcohol motifs (C(OH)–C–C–N with tert-alkyl or cyclic N) is 1. The standard InChI is InChI=1S/C16H18ClN3O2S/c17-14-6-2-1-4-11(14)8-13-9-18-15(23-13)19-16(22)20-7-3-5-12(21)10-20/h1-2,4,6,9,12,21H,3,5,7-8,10H2,(H,18,19,22)/t12-/m0/s1. The van der Waals surface area contributed by atoms with Crippen LogP contribution in [0.4, 0.5) is 9.93 Å². The van der Waals surface area contributed by atoms with Gasteiger partial charge in [0, 0.05) is 35.6 Å². The van der Waals surface area contributed by atoms with E-state index in [4.69, 9.17) is 11.6 Å². The van der Waals surface area contributed by atoms with Crippen LogP contribution in [0.2, 0.25) is 5.02 Å². The SMILES string of the molecule is O=C(Nc1ncc(Cc2ccccc2Cl)s1)N1CCC[C@H](O)C1. The van der Waals surface area contributed by atoms with Gasteiger partial charge in [-0.2, -0.15) is 0 Å². The van der Waals surface area contributed by atoms with E-state index in [0.29, 0.717) is 24.6 Å².